The van der Waals surface area contributed by atoms with Crippen molar-refractivity contribution < 1.29 is 13.2 Å². The van der Waals surface area contributed by atoms with E-state index in [0.717, 1.165) is 10.4 Å². The Hall–Kier alpha value is -1.69. The lowest BCUT2D eigenvalue weighted by Crippen LogP contribution is -2.31. The number of nitriles is 1. The normalized spacial score (nSPS) is 11.0. The summed E-state index contributed by atoms with van der Waals surface area (Å²) in [7, 11) is -4.01. The van der Waals surface area contributed by atoms with Gasteiger partial charge in [-0.15, -0.1) is 11.3 Å². The van der Waals surface area contributed by atoms with E-state index in [2.05, 4.69) is 15.9 Å². The Morgan fingerprint density at radius 2 is 2.14 bits per heavy atom. The fourth-order valence-electron chi connectivity index (χ4n) is 1.76. The second kappa shape index (κ2) is 6.60. The molecular weight excluding hydrogens is 388 g/mol. The number of sulfonamides is 1. The van der Waals surface area contributed by atoms with Gasteiger partial charge in [0.25, 0.3) is 10.0 Å². The van der Waals surface area contributed by atoms with Crippen molar-refractivity contribution in [2.24, 2.45) is 0 Å². The summed E-state index contributed by atoms with van der Waals surface area (Å²) in [4.78, 5) is 12.6. The minimum atomic E-state index is -4.01. The summed E-state index contributed by atoms with van der Waals surface area (Å²) in [5, 5.41) is 10.7. The van der Waals surface area contributed by atoms with E-state index < -0.39 is 15.9 Å². The molecular formula is C14H11BrN2O3S2. The molecule has 114 valence electrons. The Balaban J connectivity index is 2.21. The van der Waals surface area contributed by atoms with E-state index in [0.29, 0.717) is 4.47 Å². The first-order chi connectivity index (χ1) is 10.3. The minimum absolute atomic E-state index is 0.00183. The molecule has 0 fully saturated rings. The molecule has 0 atom stereocenters. The molecule has 1 aromatic heterocycles. The lowest BCUT2D eigenvalue weighted by Gasteiger charge is -2.07. The molecule has 1 aromatic carbocycles. The van der Waals surface area contributed by atoms with E-state index in [9.17, 15) is 13.2 Å². The summed E-state index contributed by atoms with van der Waals surface area (Å²) in [5.74, 6) is -0.607. The lowest BCUT2D eigenvalue weighted by atomic mass is 10.2. The third-order valence-corrected chi connectivity index (χ3v) is 5.68. The van der Waals surface area contributed by atoms with Crippen molar-refractivity contribution in [3.63, 3.8) is 0 Å². The maximum absolute atomic E-state index is 12.2. The highest BCUT2D eigenvalue weighted by atomic mass is 79.9. The fourth-order valence-corrected chi connectivity index (χ4v) is 4.36. The van der Waals surface area contributed by atoms with E-state index in [1.807, 2.05) is 29.2 Å². The van der Waals surface area contributed by atoms with Gasteiger partial charge in [-0.25, -0.2) is 13.1 Å². The molecule has 1 N–H and O–H groups in total. The summed E-state index contributed by atoms with van der Waals surface area (Å²) >= 11 is 4.55. The molecule has 8 heteroatoms. The summed E-state index contributed by atoms with van der Waals surface area (Å²) < 4.78 is 26.9. The van der Waals surface area contributed by atoms with Crippen LogP contribution in [-0.2, 0) is 21.2 Å². The van der Waals surface area contributed by atoms with E-state index in [1.54, 1.807) is 0 Å². The molecule has 0 unspecified atom stereocenters. The number of hydrogen-bond donors (Lipinski definition) is 1. The van der Waals surface area contributed by atoms with E-state index in [4.69, 9.17) is 5.26 Å². The number of hydrogen-bond acceptors (Lipinski definition) is 5. The predicted octanol–water partition coefficient (Wildman–Crippen LogP) is 2.74. The van der Waals surface area contributed by atoms with Crippen LogP contribution in [0.15, 0.2) is 39.0 Å². The zero-order valence-electron chi connectivity index (χ0n) is 11.5. The highest BCUT2D eigenvalue weighted by molar-refractivity contribution is 9.10. The van der Waals surface area contributed by atoms with Crippen molar-refractivity contribution in [3.8, 4) is 6.07 Å². The van der Waals surface area contributed by atoms with Crippen LogP contribution in [0.4, 0.5) is 0 Å². The number of carbonyl (C=O) groups excluding carboxylic acids is 1. The molecule has 0 aliphatic rings. The molecule has 2 aromatic rings. The van der Waals surface area contributed by atoms with Crippen LogP contribution < -0.4 is 4.72 Å². The maximum Gasteiger partial charge on any atom is 0.264 e. The lowest BCUT2D eigenvalue weighted by molar-refractivity contribution is -0.118. The van der Waals surface area contributed by atoms with Gasteiger partial charge in [0.15, 0.2) is 0 Å². The van der Waals surface area contributed by atoms with Crippen LogP contribution in [0.1, 0.15) is 16.0 Å². The van der Waals surface area contributed by atoms with Gasteiger partial charge in [-0.2, -0.15) is 5.26 Å². The van der Waals surface area contributed by atoms with E-state index in [-0.39, 0.29) is 16.9 Å². The average Bonchev–Trinajstić information content (AvgIpc) is 2.82. The Bertz CT molecular complexity index is 866. The van der Waals surface area contributed by atoms with Gasteiger partial charge >= 0.3 is 0 Å². The van der Waals surface area contributed by atoms with Crippen LogP contribution in [0.25, 0.3) is 0 Å². The van der Waals surface area contributed by atoms with Crippen LogP contribution in [0, 0.1) is 18.3 Å². The summed E-state index contributed by atoms with van der Waals surface area (Å²) in [6.45, 7) is 1.86. The van der Waals surface area contributed by atoms with Gasteiger partial charge in [0.2, 0.25) is 5.91 Å². The van der Waals surface area contributed by atoms with Crippen molar-refractivity contribution in [3.05, 3.63) is 50.1 Å². The number of amides is 1. The monoisotopic (exact) mass is 398 g/mol. The van der Waals surface area contributed by atoms with Gasteiger partial charge in [0.1, 0.15) is 0 Å². The second-order valence-electron chi connectivity index (χ2n) is 4.52. The molecule has 2 rings (SSSR count). The third-order valence-electron chi connectivity index (χ3n) is 2.85. The highest BCUT2D eigenvalue weighted by Crippen LogP contribution is 2.20. The number of aryl methyl sites for hydroxylation is 1. The largest absolute Gasteiger partial charge is 0.274 e. The predicted molar refractivity (Wildman–Crippen MR) is 86.9 cm³/mol. The van der Waals surface area contributed by atoms with Crippen molar-refractivity contribution >= 4 is 43.2 Å². The van der Waals surface area contributed by atoms with Gasteiger partial charge in [-0.05, 0) is 42.1 Å². The fraction of sp³-hybridized carbons (Fsp3) is 0.143. The summed E-state index contributed by atoms with van der Waals surface area (Å²) in [6.07, 6.45) is 0.00183. The number of nitrogens with zero attached hydrogens (tertiary/aromatic N) is 1. The number of carbonyl (C=O) groups is 1. The van der Waals surface area contributed by atoms with E-state index in [1.165, 1.54) is 29.5 Å². The van der Waals surface area contributed by atoms with E-state index >= 15 is 0 Å². The molecule has 0 radical (unpaired) electrons. The van der Waals surface area contributed by atoms with Gasteiger partial charge in [-0.3, -0.25) is 4.79 Å². The molecule has 0 aliphatic carbocycles. The van der Waals surface area contributed by atoms with Crippen molar-refractivity contribution in [1.82, 2.24) is 4.72 Å². The average molecular weight is 399 g/mol. The number of rotatable bonds is 4. The van der Waals surface area contributed by atoms with Gasteiger partial charge < -0.3 is 0 Å². The second-order valence-corrected chi connectivity index (χ2v) is 8.12. The van der Waals surface area contributed by atoms with Crippen LogP contribution in [0.3, 0.4) is 0 Å². The first-order valence-electron chi connectivity index (χ1n) is 6.11. The highest BCUT2D eigenvalue weighted by Gasteiger charge is 2.19. The maximum atomic E-state index is 12.2. The van der Waals surface area contributed by atoms with Crippen LogP contribution in [0.2, 0.25) is 0 Å². The van der Waals surface area contributed by atoms with Crippen molar-refractivity contribution in [1.29, 1.82) is 5.26 Å². The van der Waals surface area contributed by atoms with Crippen LogP contribution in [0.5, 0.6) is 0 Å². The number of nitrogens with one attached hydrogen (secondary N) is 1. The molecule has 0 spiro atoms. The van der Waals surface area contributed by atoms with Gasteiger partial charge in [0.05, 0.1) is 22.9 Å². The molecule has 0 saturated heterocycles. The zero-order valence-corrected chi connectivity index (χ0v) is 14.7. The van der Waals surface area contributed by atoms with Crippen molar-refractivity contribution in [2.75, 3.05) is 0 Å². The Kier molecular flexibility index (Phi) is 5.01. The SMILES string of the molecule is Cc1ccsc1CC(=O)NS(=O)(=O)c1cc(Br)cc(C#N)c1. The van der Waals surface area contributed by atoms with Gasteiger partial charge in [-0.1, -0.05) is 15.9 Å². The zero-order chi connectivity index (χ0) is 16.3. The summed E-state index contributed by atoms with van der Waals surface area (Å²) in [5.41, 5.74) is 1.14. The molecule has 0 bridgehead atoms. The minimum Gasteiger partial charge on any atom is -0.274 e. The van der Waals surface area contributed by atoms with Crippen LogP contribution in [-0.4, -0.2) is 14.3 Å². The third kappa shape index (κ3) is 3.94. The smallest absolute Gasteiger partial charge is 0.264 e. The molecule has 0 saturated carbocycles. The molecule has 1 amide bonds. The molecule has 1 heterocycles. The molecule has 22 heavy (non-hydrogen) atoms. The Morgan fingerprint density at radius 1 is 1.41 bits per heavy atom. The number of halogens is 1. The topological polar surface area (TPSA) is 87.0 Å². The number of thiophene rings is 1. The molecule has 5 nitrogen and oxygen atoms in total. The first kappa shape index (κ1) is 16.7. The van der Waals surface area contributed by atoms with Gasteiger partial charge in [0, 0.05) is 9.35 Å². The van der Waals surface area contributed by atoms with Crippen LogP contribution >= 0.6 is 27.3 Å². The standard InChI is InChI=1S/C14H11BrN2O3S2/c1-9-2-3-21-13(9)7-14(18)17-22(19,20)12-5-10(8-16)4-11(15)6-12/h2-6H,7H2,1H3,(H,17,18). The molecule has 0 aliphatic heterocycles. The first-order valence-corrected chi connectivity index (χ1v) is 9.27. The number of benzene rings is 1. The summed E-state index contributed by atoms with van der Waals surface area (Å²) in [6, 6.07) is 7.80. The quantitative estimate of drug-likeness (QED) is 0.857. The van der Waals surface area contributed by atoms with Crippen molar-refractivity contribution in [2.45, 2.75) is 18.2 Å². The Labute approximate surface area is 140 Å². The Morgan fingerprint density at radius 3 is 2.73 bits per heavy atom.